The maximum atomic E-state index is 11.4. The normalized spacial score (nSPS) is 10.6. The van der Waals surface area contributed by atoms with Crippen LogP contribution in [-0.4, -0.2) is 23.8 Å². The fourth-order valence-corrected chi connectivity index (χ4v) is 2.97. The first-order valence-corrected chi connectivity index (χ1v) is 8.45. The van der Waals surface area contributed by atoms with Gasteiger partial charge < -0.3 is 4.74 Å². The highest BCUT2D eigenvalue weighted by Gasteiger charge is 2.09. The van der Waals surface area contributed by atoms with E-state index < -0.39 is 0 Å². The van der Waals surface area contributed by atoms with E-state index in [9.17, 15) is 4.79 Å². The Labute approximate surface area is 152 Å². The highest BCUT2D eigenvalue weighted by molar-refractivity contribution is 7.13. The number of carbonyl (C=O) groups is 1. The van der Waals surface area contributed by atoms with Crippen LogP contribution in [0.5, 0.6) is 0 Å². The average Bonchev–Trinajstić information content (AvgIpc) is 2.97. The molecule has 2 rings (SSSR count). The van der Waals surface area contributed by atoms with Crippen LogP contribution in [-0.2, 0) is 16.0 Å². The van der Waals surface area contributed by atoms with Gasteiger partial charge in [-0.25, -0.2) is 4.98 Å². The third kappa shape index (κ3) is 4.93. The number of carbonyl (C=O) groups excluding carboxylic acids is 1. The fourth-order valence-electron chi connectivity index (χ4n) is 1.72. The van der Waals surface area contributed by atoms with Crippen molar-refractivity contribution in [2.45, 2.75) is 13.3 Å². The first-order valence-electron chi connectivity index (χ1n) is 6.81. The molecule has 0 atom stereocenters. The van der Waals surface area contributed by atoms with Gasteiger partial charge in [-0.3, -0.25) is 10.2 Å². The highest BCUT2D eigenvalue weighted by atomic mass is 35.5. The van der Waals surface area contributed by atoms with Crippen LogP contribution in [0.3, 0.4) is 0 Å². The van der Waals surface area contributed by atoms with Crippen LogP contribution in [0.4, 0.5) is 5.13 Å². The number of thiazole rings is 1. The predicted molar refractivity (Wildman–Crippen MR) is 94.8 cm³/mol. The first kappa shape index (κ1) is 18.2. The molecule has 1 aromatic heterocycles. The minimum absolute atomic E-state index is 0.114. The van der Waals surface area contributed by atoms with Gasteiger partial charge in [0.15, 0.2) is 0 Å². The molecule has 6 nitrogen and oxygen atoms in total. The summed E-state index contributed by atoms with van der Waals surface area (Å²) >= 11 is 13.4. The second-order valence-electron chi connectivity index (χ2n) is 4.46. The van der Waals surface area contributed by atoms with Gasteiger partial charge in [-0.05, 0) is 19.1 Å². The van der Waals surface area contributed by atoms with Crippen molar-refractivity contribution in [2.24, 2.45) is 5.10 Å². The molecular weight excluding hydrogens is 371 g/mol. The van der Waals surface area contributed by atoms with Gasteiger partial charge in [0.25, 0.3) is 0 Å². The molecule has 0 saturated heterocycles. The van der Waals surface area contributed by atoms with E-state index in [0.29, 0.717) is 38.6 Å². The number of aromatic nitrogens is 1. The summed E-state index contributed by atoms with van der Waals surface area (Å²) in [5, 5.41) is 15.8. The zero-order valence-electron chi connectivity index (χ0n) is 12.5. The molecule has 0 amide bonds. The molecule has 2 aromatic rings. The van der Waals surface area contributed by atoms with Gasteiger partial charge in [-0.15, -0.1) is 11.3 Å². The number of rotatable bonds is 6. The molecule has 0 bridgehead atoms. The Morgan fingerprint density at radius 3 is 2.83 bits per heavy atom. The summed E-state index contributed by atoms with van der Waals surface area (Å²) in [5.74, 6) is -0.325. The van der Waals surface area contributed by atoms with Crippen LogP contribution < -0.4 is 5.43 Å². The van der Waals surface area contributed by atoms with E-state index in [1.54, 1.807) is 12.3 Å². The molecule has 0 spiro atoms. The van der Waals surface area contributed by atoms with Crippen LogP contribution in [0.1, 0.15) is 23.7 Å². The van der Waals surface area contributed by atoms with Gasteiger partial charge in [0.2, 0.25) is 5.13 Å². The minimum Gasteiger partial charge on any atom is -0.466 e. The molecule has 1 N–H and O–H groups in total. The summed E-state index contributed by atoms with van der Waals surface area (Å²) in [6, 6.07) is 4.99. The predicted octanol–water partition coefficient (Wildman–Crippen LogP) is 3.87. The van der Waals surface area contributed by atoms with Gasteiger partial charge in [0.05, 0.1) is 46.6 Å². The molecule has 0 aliphatic rings. The Morgan fingerprint density at radius 2 is 2.21 bits per heavy atom. The van der Waals surface area contributed by atoms with Crippen molar-refractivity contribution in [3.8, 4) is 6.07 Å². The maximum absolute atomic E-state index is 11.4. The summed E-state index contributed by atoms with van der Waals surface area (Å²) in [7, 11) is 0. The second kappa shape index (κ2) is 8.64. The Bertz CT molecular complexity index is 791. The standard InChI is InChI=1S/C15H12Cl2N4O2S/c1-2-23-14(22)5-10-8-24-15(20-10)21-19-7-11-12(16)3-9(6-18)4-13(11)17/h3-4,7-8H,2,5H2,1H3,(H,20,21). The van der Waals surface area contributed by atoms with Gasteiger partial charge in [0, 0.05) is 10.9 Å². The van der Waals surface area contributed by atoms with Crippen molar-refractivity contribution in [2.75, 3.05) is 12.0 Å². The Kier molecular flexibility index (Phi) is 6.55. The molecule has 0 fully saturated rings. The quantitative estimate of drug-likeness (QED) is 0.465. The number of ether oxygens (including phenoxy) is 1. The van der Waals surface area contributed by atoms with Crippen LogP contribution in [0.25, 0.3) is 0 Å². The van der Waals surface area contributed by atoms with E-state index >= 15 is 0 Å². The number of esters is 1. The van der Waals surface area contributed by atoms with Crippen LogP contribution in [0.2, 0.25) is 10.0 Å². The van der Waals surface area contributed by atoms with Gasteiger partial charge in [-0.2, -0.15) is 10.4 Å². The van der Waals surface area contributed by atoms with Crippen molar-refractivity contribution in [3.05, 3.63) is 44.4 Å². The zero-order chi connectivity index (χ0) is 17.5. The summed E-state index contributed by atoms with van der Waals surface area (Å²) in [5.41, 5.74) is 4.21. The van der Waals surface area contributed by atoms with E-state index in [-0.39, 0.29) is 12.4 Å². The Hall–Kier alpha value is -2.14. The van der Waals surface area contributed by atoms with Gasteiger partial charge in [-0.1, -0.05) is 23.2 Å². The maximum Gasteiger partial charge on any atom is 0.311 e. The van der Waals surface area contributed by atoms with Crippen LogP contribution in [0, 0.1) is 11.3 Å². The Balaban J connectivity index is 2.01. The third-order valence-electron chi connectivity index (χ3n) is 2.74. The van der Waals surface area contributed by atoms with E-state index in [0.717, 1.165) is 0 Å². The SMILES string of the molecule is CCOC(=O)Cc1csc(NN=Cc2c(Cl)cc(C#N)cc2Cl)n1. The molecule has 0 saturated carbocycles. The molecule has 0 aliphatic heterocycles. The molecule has 0 unspecified atom stereocenters. The topological polar surface area (TPSA) is 87.4 Å². The summed E-state index contributed by atoms with van der Waals surface area (Å²) in [6.45, 7) is 2.09. The number of halogens is 2. The monoisotopic (exact) mass is 382 g/mol. The number of nitriles is 1. The highest BCUT2D eigenvalue weighted by Crippen LogP contribution is 2.25. The summed E-state index contributed by atoms with van der Waals surface area (Å²) in [4.78, 5) is 15.6. The number of hydrogen-bond donors (Lipinski definition) is 1. The number of hydrazone groups is 1. The molecule has 9 heteroatoms. The zero-order valence-corrected chi connectivity index (χ0v) is 14.9. The molecule has 24 heavy (non-hydrogen) atoms. The molecule has 0 radical (unpaired) electrons. The Morgan fingerprint density at radius 1 is 1.50 bits per heavy atom. The van der Waals surface area contributed by atoms with Crippen molar-refractivity contribution in [1.82, 2.24) is 4.98 Å². The van der Waals surface area contributed by atoms with E-state index in [4.69, 9.17) is 33.2 Å². The lowest BCUT2D eigenvalue weighted by atomic mass is 10.1. The van der Waals surface area contributed by atoms with Crippen LogP contribution >= 0.6 is 34.5 Å². The average molecular weight is 383 g/mol. The smallest absolute Gasteiger partial charge is 0.311 e. The number of benzene rings is 1. The van der Waals surface area contributed by atoms with Crippen molar-refractivity contribution in [3.63, 3.8) is 0 Å². The minimum atomic E-state index is -0.325. The molecule has 0 aliphatic carbocycles. The number of hydrogen-bond acceptors (Lipinski definition) is 7. The number of nitrogens with one attached hydrogen (secondary N) is 1. The molecule has 1 heterocycles. The lowest BCUT2D eigenvalue weighted by Gasteiger charge is -2.02. The lowest BCUT2D eigenvalue weighted by molar-refractivity contribution is -0.142. The summed E-state index contributed by atoms with van der Waals surface area (Å²) < 4.78 is 4.86. The fraction of sp³-hybridized carbons (Fsp3) is 0.200. The number of nitrogens with zero attached hydrogens (tertiary/aromatic N) is 3. The molecule has 124 valence electrons. The number of anilines is 1. The van der Waals surface area contributed by atoms with E-state index in [1.165, 1.54) is 29.7 Å². The van der Waals surface area contributed by atoms with E-state index in [1.807, 2.05) is 6.07 Å². The van der Waals surface area contributed by atoms with Crippen molar-refractivity contribution < 1.29 is 9.53 Å². The van der Waals surface area contributed by atoms with Crippen LogP contribution in [0.15, 0.2) is 22.6 Å². The largest absolute Gasteiger partial charge is 0.466 e. The van der Waals surface area contributed by atoms with Gasteiger partial charge >= 0.3 is 5.97 Å². The van der Waals surface area contributed by atoms with Gasteiger partial charge in [0.1, 0.15) is 0 Å². The molecule has 1 aromatic carbocycles. The van der Waals surface area contributed by atoms with E-state index in [2.05, 4.69) is 15.5 Å². The van der Waals surface area contributed by atoms with Crippen molar-refractivity contribution >= 4 is 51.9 Å². The second-order valence-corrected chi connectivity index (χ2v) is 6.13. The first-order chi connectivity index (χ1) is 11.5. The van der Waals surface area contributed by atoms with Crippen molar-refractivity contribution in [1.29, 1.82) is 5.26 Å². The summed E-state index contributed by atoms with van der Waals surface area (Å²) in [6.07, 6.45) is 1.56. The third-order valence-corrected chi connectivity index (χ3v) is 4.17. The molecular formula is C15H12Cl2N4O2S. The lowest BCUT2D eigenvalue weighted by Crippen LogP contribution is -2.07.